The van der Waals surface area contributed by atoms with Crippen molar-refractivity contribution in [3.63, 3.8) is 0 Å². The van der Waals surface area contributed by atoms with Gasteiger partial charge in [0.05, 0.1) is 5.52 Å². The molecule has 0 atom stereocenters. The van der Waals surface area contributed by atoms with E-state index >= 15 is 0 Å². The number of aromatic nitrogens is 3. The van der Waals surface area contributed by atoms with Crippen LogP contribution in [-0.2, 0) is 0 Å². The second-order valence-electron chi connectivity index (χ2n) is 3.96. The molecule has 1 aromatic carbocycles. The van der Waals surface area contributed by atoms with Crippen LogP contribution in [0.15, 0.2) is 34.9 Å². The first-order valence-corrected chi connectivity index (χ1v) is 6.09. The molecule has 6 heteroatoms. The summed E-state index contributed by atoms with van der Waals surface area (Å²) in [6, 6.07) is 7.70. The van der Waals surface area contributed by atoms with Gasteiger partial charge in [0, 0.05) is 16.1 Å². The fraction of sp³-hybridized carbons (Fsp3) is 0. The Balaban J connectivity index is 2.27. The lowest BCUT2D eigenvalue weighted by Crippen LogP contribution is -1.90. The van der Waals surface area contributed by atoms with Gasteiger partial charge in [-0.05, 0) is 51.3 Å². The monoisotopic (exact) mass is 303 g/mol. The zero-order chi connectivity index (χ0) is 12.7. The highest BCUT2D eigenvalue weighted by Gasteiger charge is 2.09. The van der Waals surface area contributed by atoms with E-state index in [0.717, 1.165) is 26.5 Å². The van der Waals surface area contributed by atoms with E-state index in [1.165, 1.54) is 0 Å². The molecule has 2 aromatic heterocycles. The number of nitrogens with zero attached hydrogens (tertiary/aromatic N) is 2. The number of benzene rings is 1. The fourth-order valence-electron chi connectivity index (χ4n) is 1.89. The molecule has 0 bridgehead atoms. The van der Waals surface area contributed by atoms with Crippen LogP contribution in [0, 0.1) is 0 Å². The first-order valence-electron chi connectivity index (χ1n) is 5.30. The smallest absolute Gasteiger partial charge is 0.153 e. The van der Waals surface area contributed by atoms with Crippen LogP contribution in [0.4, 0.5) is 11.6 Å². The molecule has 5 nitrogen and oxygen atoms in total. The van der Waals surface area contributed by atoms with E-state index in [-0.39, 0.29) is 0 Å². The van der Waals surface area contributed by atoms with E-state index in [4.69, 9.17) is 11.5 Å². The largest absolute Gasteiger partial charge is 0.384 e. The van der Waals surface area contributed by atoms with Crippen LogP contribution in [0.5, 0.6) is 0 Å². The third-order valence-electron chi connectivity index (χ3n) is 2.77. The summed E-state index contributed by atoms with van der Waals surface area (Å²) in [5.74, 6) is 0.971. The van der Waals surface area contributed by atoms with Crippen molar-refractivity contribution in [3.8, 4) is 11.1 Å². The Morgan fingerprint density at radius 1 is 1.11 bits per heavy atom. The van der Waals surface area contributed by atoms with Crippen LogP contribution < -0.4 is 11.5 Å². The predicted octanol–water partition coefficient (Wildman–Crippen LogP) is 2.55. The second kappa shape index (κ2) is 3.99. The molecule has 0 aliphatic rings. The number of nitrogen functional groups attached to an aromatic ring is 2. The highest BCUT2D eigenvalue weighted by Crippen LogP contribution is 2.32. The Morgan fingerprint density at radius 3 is 2.72 bits per heavy atom. The molecule has 3 aromatic rings. The van der Waals surface area contributed by atoms with Gasteiger partial charge in [0.15, 0.2) is 5.82 Å². The van der Waals surface area contributed by atoms with Gasteiger partial charge < -0.3 is 11.5 Å². The van der Waals surface area contributed by atoms with Crippen LogP contribution >= 0.6 is 15.9 Å². The molecule has 5 N–H and O–H groups in total. The average molecular weight is 304 g/mol. The zero-order valence-corrected chi connectivity index (χ0v) is 10.9. The Morgan fingerprint density at radius 2 is 1.94 bits per heavy atom. The van der Waals surface area contributed by atoms with E-state index in [0.29, 0.717) is 11.6 Å². The quantitative estimate of drug-likeness (QED) is 0.644. The minimum Gasteiger partial charge on any atom is -0.384 e. The summed E-state index contributed by atoms with van der Waals surface area (Å²) in [5.41, 5.74) is 14.4. The van der Waals surface area contributed by atoms with Crippen LogP contribution in [0.3, 0.4) is 0 Å². The lowest BCUT2D eigenvalue weighted by molar-refractivity contribution is 1.12. The lowest BCUT2D eigenvalue weighted by atomic mass is 10.0. The number of rotatable bonds is 1. The number of nitrogens with one attached hydrogen (secondary N) is 1. The number of H-pyrrole nitrogens is 1. The molecule has 0 amide bonds. The van der Waals surface area contributed by atoms with Crippen molar-refractivity contribution in [2.75, 3.05) is 11.5 Å². The number of pyridine rings is 1. The van der Waals surface area contributed by atoms with Crippen LogP contribution in [0.25, 0.3) is 22.0 Å². The molecule has 3 rings (SSSR count). The third-order valence-corrected chi connectivity index (χ3v) is 3.39. The molecule has 0 unspecified atom stereocenters. The number of anilines is 2. The van der Waals surface area contributed by atoms with Gasteiger partial charge in [-0.1, -0.05) is 0 Å². The third kappa shape index (κ3) is 1.70. The Labute approximate surface area is 111 Å². The maximum atomic E-state index is 5.82. The van der Waals surface area contributed by atoms with Gasteiger partial charge in [0.1, 0.15) is 5.82 Å². The van der Waals surface area contributed by atoms with Gasteiger partial charge >= 0.3 is 0 Å². The lowest BCUT2D eigenvalue weighted by Gasteiger charge is -2.04. The van der Waals surface area contributed by atoms with Gasteiger partial charge in [-0.2, -0.15) is 5.10 Å². The summed E-state index contributed by atoms with van der Waals surface area (Å²) in [4.78, 5) is 3.98. The molecule has 18 heavy (non-hydrogen) atoms. The standard InChI is InChI=1S/C12H10BrN5/c13-9-4-7(6-1-2-16-10(14)5-6)3-8-11(9)17-18-12(8)15/h1-5H,(H2,14,16)(H3,15,17,18). The van der Waals surface area contributed by atoms with Crippen molar-refractivity contribution >= 4 is 38.5 Å². The van der Waals surface area contributed by atoms with Gasteiger partial charge in [0.25, 0.3) is 0 Å². The molecule has 2 heterocycles. The molecule has 0 radical (unpaired) electrons. The first kappa shape index (κ1) is 11.0. The molecule has 0 saturated carbocycles. The number of aromatic amines is 1. The number of hydrogen-bond donors (Lipinski definition) is 3. The number of fused-ring (bicyclic) bond motifs is 1. The Bertz CT molecular complexity index is 734. The second-order valence-corrected chi connectivity index (χ2v) is 4.81. The average Bonchev–Trinajstić information content (AvgIpc) is 2.72. The summed E-state index contributed by atoms with van der Waals surface area (Å²) in [6.07, 6.45) is 1.68. The van der Waals surface area contributed by atoms with E-state index in [2.05, 4.69) is 31.1 Å². The normalized spacial score (nSPS) is 10.9. The summed E-state index contributed by atoms with van der Waals surface area (Å²) < 4.78 is 0.912. The van der Waals surface area contributed by atoms with E-state index < -0.39 is 0 Å². The topological polar surface area (TPSA) is 93.6 Å². The molecule has 0 spiro atoms. The van der Waals surface area contributed by atoms with Crippen molar-refractivity contribution in [2.24, 2.45) is 0 Å². The molecular formula is C12H10BrN5. The minimum absolute atomic E-state index is 0.481. The molecule has 0 aliphatic heterocycles. The van der Waals surface area contributed by atoms with Crippen molar-refractivity contribution in [3.05, 3.63) is 34.9 Å². The van der Waals surface area contributed by atoms with Crippen molar-refractivity contribution in [1.82, 2.24) is 15.2 Å². The zero-order valence-electron chi connectivity index (χ0n) is 9.31. The Kier molecular flexibility index (Phi) is 2.45. The minimum atomic E-state index is 0.481. The predicted molar refractivity (Wildman–Crippen MR) is 75.8 cm³/mol. The first-order chi connectivity index (χ1) is 8.65. The van der Waals surface area contributed by atoms with Crippen LogP contribution in [-0.4, -0.2) is 15.2 Å². The van der Waals surface area contributed by atoms with Gasteiger partial charge in [0.2, 0.25) is 0 Å². The van der Waals surface area contributed by atoms with Crippen molar-refractivity contribution < 1.29 is 0 Å². The number of nitrogens with two attached hydrogens (primary N) is 2. The molecular weight excluding hydrogens is 294 g/mol. The van der Waals surface area contributed by atoms with Crippen LogP contribution in [0.2, 0.25) is 0 Å². The summed E-state index contributed by atoms with van der Waals surface area (Å²) in [6.45, 7) is 0. The molecule has 0 fully saturated rings. The maximum Gasteiger partial charge on any atom is 0.153 e. The van der Waals surface area contributed by atoms with E-state index in [1.807, 2.05) is 24.3 Å². The van der Waals surface area contributed by atoms with Gasteiger partial charge in [-0.3, -0.25) is 5.10 Å². The van der Waals surface area contributed by atoms with Crippen LogP contribution in [0.1, 0.15) is 0 Å². The molecule has 90 valence electrons. The van der Waals surface area contributed by atoms with Crippen molar-refractivity contribution in [1.29, 1.82) is 0 Å². The van der Waals surface area contributed by atoms with Crippen molar-refractivity contribution in [2.45, 2.75) is 0 Å². The summed E-state index contributed by atoms with van der Waals surface area (Å²) in [5, 5.41) is 7.77. The Hall–Kier alpha value is -2.08. The van der Waals surface area contributed by atoms with E-state index in [1.54, 1.807) is 6.20 Å². The van der Waals surface area contributed by atoms with Gasteiger partial charge in [-0.15, -0.1) is 0 Å². The highest BCUT2D eigenvalue weighted by atomic mass is 79.9. The SMILES string of the molecule is Nc1cc(-c2cc(Br)c3[nH]nc(N)c3c2)ccn1. The maximum absolute atomic E-state index is 5.82. The number of halogens is 1. The highest BCUT2D eigenvalue weighted by molar-refractivity contribution is 9.10. The molecule has 0 aliphatic carbocycles. The fourth-order valence-corrected chi connectivity index (χ4v) is 2.44. The summed E-state index contributed by atoms with van der Waals surface area (Å²) >= 11 is 3.50. The molecule has 0 saturated heterocycles. The number of hydrogen-bond acceptors (Lipinski definition) is 4. The van der Waals surface area contributed by atoms with E-state index in [9.17, 15) is 0 Å². The summed E-state index contributed by atoms with van der Waals surface area (Å²) in [7, 11) is 0. The van der Waals surface area contributed by atoms with Gasteiger partial charge in [-0.25, -0.2) is 4.98 Å².